The molecule has 0 heterocycles. The van der Waals surface area contributed by atoms with Crippen molar-refractivity contribution >= 4 is 0 Å². The van der Waals surface area contributed by atoms with Crippen LogP contribution in [0.25, 0.3) is 0 Å². The fourth-order valence-electron chi connectivity index (χ4n) is 2.10. The molecule has 0 amide bonds. The Hall–Kier alpha value is -2.00. The molecule has 2 aromatic rings. The number of rotatable bonds is 5. The van der Waals surface area contributed by atoms with Crippen LogP contribution in [-0.2, 0) is 0 Å². The predicted octanol–water partition coefficient (Wildman–Crippen LogP) is 3.85. The molecule has 0 aromatic heterocycles. The van der Waals surface area contributed by atoms with E-state index in [1.165, 1.54) is 0 Å². The van der Waals surface area contributed by atoms with Crippen LogP contribution in [0.3, 0.4) is 0 Å². The fraction of sp³-hybridized carbons (Fsp3) is 0.294. The van der Waals surface area contributed by atoms with Crippen LogP contribution in [0.5, 0.6) is 11.5 Å². The lowest BCUT2D eigenvalue weighted by atomic mass is 10.1. The summed E-state index contributed by atoms with van der Waals surface area (Å²) >= 11 is 0. The van der Waals surface area contributed by atoms with Gasteiger partial charge in [-0.1, -0.05) is 36.4 Å². The summed E-state index contributed by atoms with van der Waals surface area (Å²) in [5, 5.41) is 0. The third-order valence-electron chi connectivity index (χ3n) is 3.28. The van der Waals surface area contributed by atoms with Gasteiger partial charge in [0.1, 0.15) is 17.6 Å². The highest BCUT2D eigenvalue weighted by Crippen LogP contribution is 2.32. The van der Waals surface area contributed by atoms with Crippen molar-refractivity contribution in [1.82, 2.24) is 0 Å². The van der Waals surface area contributed by atoms with Gasteiger partial charge in [0, 0.05) is 17.7 Å². The topological polar surface area (TPSA) is 44.5 Å². The molecular weight excluding hydrogens is 250 g/mol. The maximum Gasteiger partial charge on any atom is 0.128 e. The van der Waals surface area contributed by atoms with Crippen LogP contribution >= 0.6 is 0 Å². The van der Waals surface area contributed by atoms with Crippen LogP contribution in [0.4, 0.5) is 0 Å². The van der Waals surface area contributed by atoms with Gasteiger partial charge in [-0.05, 0) is 25.5 Å². The van der Waals surface area contributed by atoms with Crippen LogP contribution in [-0.4, -0.2) is 7.11 Å². The minimum atomic E-state index is -0.0844. The van der Waals surface area contributed by atoms with Gasteiger partial charge in [-0.25, -0.2) is 0 Å². The fourth-order valence-corrected chi connectivity index (χ4v) is 2.10. The zero-order valence-corrected chi connectivity index (χ0v) is 12.2. The molecule has 2 atom stereocenters. The standard InChI is InChI=1S/C17H21NO2/c1-12(18)16-10-9-15(19-3)11-17(16)20-13(2)14-7-5-4-6-8-14/h4-13H,18H2,1-3H3/t12-,13?/m1/s1. The lowest BCUT2D eigenvalue weighted by molar-refractivity contribution is 0.222. The van der Waals surface area contributed by atoms with E-state index in [1.54, 1.807) is 7.11 Å². The van der Waals surface area contributed by atoms with Crippen molar-refractivity contribution < 1.29 is 9.47 Å². The smallest absolute Gasteiger partial charge is 0.128 e. The summed E-state index contributed by atoms with van der Waals surface area (Å²) in [6.07, 6.45) is -0.0409. The summed E-state index contributed by atoms with van der Waals surface area (Å²) in [6, 6.07) is 15.8. The Morgan fingerprint density at radius 3 is 2.30 bits per heavy atom. The van der Waals surface area contributed by atoms with E-state index in [2.05, 4.69) is 12.1 Å². The predicted molar refractivity (Wildman–Crippen MR) is 81.1 cm³/mol. The second-order valence-corrected chi connectivity index (χ2v) is 4.86. The molecular formula is C17H21NO2. The molecule has 106 valence electrons. The first-order valence-electron chi connectivity index (χ1n) is 6.77. The molecule has 0 saturated heterocycles. The number of nitrogens with two attached hydrogens (primary N) is 1. The third-order valence-corrected chi connectivity index (χ3v) is 3.28. The Balaban J connectivity index is 2.27. The van der Waals surface area contributed by atoms with Crippen molar-refractivity contribution in [2.24, 2.45) is 5.73 Å². The normalized spacial score (nSPS) is 13.6. The Bertz CT molecular complexity index is 552. The van der Waals surface area contributed by atoms with E-state index in [4.69, 9.17) is 15.2 Å². The molecule has 3 nitrogen and oxygen atoms in total. The Labute approximate surface area is 120 Å². The highest BCUT2D eigenvalue weighted by Gasteiger charge is 2.13. The first-order valence-corrected chi connectivity index (χ1v) is 6.77. The van der Waals surface area contributed by atoms with E-state index in [9.17, 15) is 0 Å². The van der Waals surface area contributed by atoms with Crippen LogP contribution in [0.1, 0.15) is 37.1 Å². The van der Waals surface area contributed by atoms with E-state index < -0.39 is 0 Å². The molecule has 0 aliphatic carbocycles. The van der Waals surface area contributed by atoms with Crippen LogP contribution in [0, 0.1) is 0 Å². The summed E-state index contributed by atoms with van der Waals surface area (Å²) in [5.74, 6) is 1.54. The first-order chi connectivity index (χ1) is 9.61. The number of methoxy groups -OCH3 is 1. The molecule has 0 fully saturated rings. The summed E-state index contributed by atoms with van der Waals surface area (Å²) in [5.41, 5.74) is 8.11. The monoisotopic (exact) mass is 271 g/mol. The quantitative estimate of drug-likeness (QED) is 0.898. The van der Waals surface area contributed by atoms with Gasteiger partial charge in [0.05, 0.1) is 7.11 Å². The average molecular weight is 271 g/mol. The summed E-state index contributed by atoms with van der Waals surface area (Å²) in [4.78, 5) is 0. The molecule has 2 aromatic carbocycles. The largest absolute Gasteiger partial charge is 0.497 e. The highest BCUT2D eigenvalue weighted by atomic mass is 16.5. The molecule has 0 bridgehead atoms. The van der Waals surface area contributed by atoms with Gasteiger partial charge in [0.15, 0.2) is 0 Å². The van der Waals surface area contributed by atoms with Crippen molar-refractivity contribution in [1.29, 1.82) is 0 Å². The maximum absolute atomic E-state index is 6.08. The number of hydrogen-bond donors (Lipinski definition) is 1. The SMILES string of the molecule is COc1ccc([C@@H](C)N)c(OC(C)c2ccccc2)c1. The van der Waals surface area contributed by atoms with E-state index in [1.807, 2.05) is 50.2 Å². The van der Waals surface area contributed by atoms with Gasteiger partial charge in [0.2, 0.25) is 0 Å². The Kier molecular flexibility index (Phi) is 4.64. The minimum Gasteiger partial charge on any atom is -0.497 e. The maximum atomic E-state index is 6.08. The van der Waals surface area contributed by atoms with Crippen molar-refractivity contribution in [2.45, 2.75) is 26.0 Å². The molecule has 2 N–H and O–H groups in total. The molecule has 0 aliphatic heterocycles. The Morgan fingerprint density at radius 1 is 1.00 bits per heavy atom. The van der Waals surface area contributed by atoms with Crippen molar-refractivity contribution in [3.8, 4) is 11.5 Å². The zero-order valence-electron chi connectivity index (χ0n) is 12.2. The molecule has 0 aliphatic rings. The van der Waals surface area contributed by atoms with Crippen molar-refractivity contribution in [3.05, 3.63) is 59.7 Å². The molecule has 0 saturated carbocycles. The van der Waals surface area contributed by atoms with E-state index >= 15 is 0 Å². The highest BCUT2D eigenvalue weighted by molar-refractivity contribution is 5.42. The van der Waals surface area contributed by atoms with Crippen LogP contribution in [0.2, 0.25) is 0 Å². The second-order valence-electron chi connectivity index (χ2n) is 4.86. The van der Waals surface area contributed by atoms with Gasteiger partial charge in [0.25, 0.3) is 0 Å². The van der Waals surface area contributed by atoms with Gasteiger partial charge >= 0.3 is 0 Å². The van der Waals surface area contributed by atoms with E-state index in [0.29, 0.717) is 0 Å². The third kappa shape index (κ3) is 3.31. The van der Waals surface area contributed by atoms with Gasteiger partial charge in [-0.3, -0.25) is 0 Å². The number of ether oxygens (including phenoxy) is 2. The minimum absolute atomic E-state index is 0.0409. The molecule has 3 heteroatoms. The van der Waals surface area contributed by atoms with Crippen molar-refractivity contribution in [2.75, 3.05) is 7.11 Å². The average Bonchev–Trinajstić information content (AvgIpc) is 2.47. The zero-order chi connectivity index (χ0) is 14.5. The number of hydrogen-bond acceptors (Lipinski definition) is 3. The Morgan fingerprint density at radius 2 is 1.70 bits per heavy atom. The molecule has 0 radical (unpaired) electrons. The number of benzene rings is 2. The van der Waals surface area contributed by atoms with Gasteiger partial charge in [-0.2, -0.15) is 0 Å². The van der Waals surface area contributed by atoms with Crippen LogP contribution < -0.4 is 15.2 Å². The van der Waals surface area contributed by atoms with E-state index in [0.717, 1.165) is 22.6 Å². The molecule has 2 rings (SSSR count). The second kappa shape index (κ2) is 6.44. The molecule has 20 heavy (non-hydrogen) atoms. The van der Waals surface area contributed by atoms with E-state index in [-0.39, 0.29) is 12.1 Å². The van der Waals surface area contributed by atoms with Gasteiger partial charge in [-0.15, -0.1) is 0 Å². The summed E-state index contributed by atoms with van der Waals surface area (Å²) < 4.78 is 11.3. The first kappa shape index (κ1) is 14.4. The summed E-state index contributed by atoms with van der Waals surface area (Å²) in [6.45, 7) is 3.97. The van der Waals surface area contributed by atoms with Gasteiger partial charge < -0.3 is 15.2 Å². The molecule has 1 unspecified atom stereocenters. The molecule has 0 spiro atoms. The lowest BCUT2D eigenvalue weighted by Crippen LogP contribution is -2.10. The van der Waals surface area contributed by atoms with Crippen molar-refractivity contribution in [3.63, 3.8) is 0 Å². The lowest BCUT2D eigenvalue weighted by Gasteiger charge is -2.20. The summed E-state index contributed by atoms with van der Waals surface area (Å²) in [7, 11) is 1.64. The van der Waals surface area contributed by atoms with Crippen LogP contribution in [0.15, 0.2) is 48.5 Å².